The summed E-state index contributed by atoms with van der Waals surface area (Å²) in [6, 6.07) is 8.55. The Morgan fingerprint density at radius 3 is 2.33 bits per heavy atom. The third kappa shape index (κ3) is 3.98. The van der Waals surface area contributed by atoms with Gasteiger partial charge in [-0.2, -0.15) is 0 Å². The smallest absolute Gasteiger partial charge is 0.255 e. The van der Waals surface area contributed by atoms with E-state index in [1.165, 1.54) is 12.1 Å². The maximum Gasteiger partial charge on any atom is 0.255 e. The standard InChI is InChI=1S/C17H20N2O3S2/c1-10-5-6-13(23-4)8-15(10)17(20)19-16-9-14(24(18,21)22)7-11(2)12(16)3/h5-9H,1-4H3,(H,19,20)(H2,18,21,22). The van der Waals surface area contributed by atoms with E-state index >= 15 is 0 Å². The monoisotopic (exact) mass is 364 g/mol. The van der Waals surface area contributed by atoms with Gasteiger partial charge in [0.15, 0.2) is 0 Å². The summed E-state index contributed by atoms with van der Waals surface area (Å²) < 4.78 is 23.2. The Balaban J connectivity index is 2.44. The molecule has 1 amide bonds. The van der Waals surface area contributed by atoms with Crippen LogP contribution in [0.5, 0.6) is 0 Å². The van der Waals surface area contributed by atoms with Crippen LogP contribution in [0.2, 0.25) is 0 Å². The number of nitrogens with two attached hydrogens (primary N) is 1. The van der Waals surface area contributed by atoms with E-state index in [1.54, 1.807) is 18.7 Å². The lowest BCUT2D eigenvalue weighted by atomic mass is 10.1. The highest BCUT2D eigenvalue weighted by Crippen LogP contribution is 2.25. The number of rotatable bonds is 4. The molecule has 0 aliphatic heterocycles. The zero-order valence-corrected chi connectivity index (χ0v) is 15.6. The lowest BCUT2D eigenvalue weighted by molar-refractivity contribution is 0.102. The number of thioether (sulfide) groups is 1. The molecule has 5 nitrogen and oxygen atoms in total. The molecule has 0 bridgehead atoms. The second-order valence-electron chi connectivity index (χ2n) is 5.59. The van der Waals surface area contributed by atoms with E-state index in [1.807, 2.05) is 38.3 Å². The van der Waals surface area contributed by atoms with Crippen LogP contribution in [0.1, 0.15) is 27.0 Å². The van der Waals surface area contributed by atoms with Crippen LogP contribution in [0.3, 0.4) is 0 Å². The zero-order valence-electron chi connectivity index (χ0n) is 14.0. The van der Waals surface area contributed by atoms with Gasteiger partial charge in [-0.1, -0.05) is 6.07 Å². The number of aryl methyl sites for hydroxylation is 2. The number of anilines is 1. The molecule has 0 fully saturated rings. The molecule has 0 unspecified atom stereocenters. The average molecular weight is 364 g/mol. The van der Waals surface area contributed by atoms with Gasteiger partial charge in [0.25, 0.3) is 5.91 Å². The van der Waals surface area contributed by atoms with Crippen molar-refractivity contribution < 1.29 is 13.2 Å². The van der Waals surface area contributed by atoms with Crippen LogP contribution in [0.4, 0.5) is 5.69 Å². The quantitative estimate of drug-likeness (QED) is 0.815. The predicted molar refractivity (Wildman–Crippen MR) is 98.2 cm³/mol. The Morgan fingerprint density at radius 1 is 1.08 bits per heavy atom. The Labute approximate surface area is 146 Å². The van der Waals surface area contributed by atoms with Crippen LogP contribution < -0.4 is 10.5 Å². The first kappa shape index (κ1) is 18.5. The molecule has 2 aromatic carbocycles. The number of nitrogens with one attached hydrogen (secondary N) is 1. The van der Waals surface area contributed by atoms with Gasteiger partial charge in [-0.25, -0.2) is 13.6 Å². The van der Waals surface area contributed by atoms with Gasteiger partial charge in [0.2, 0.25) is 10.0 Å². The van der Waals surface area contributed by atoms with Gasteiger partial charge in [0, 0.05) is 16.1 Å². The Bertz CT molecular complexity index is 906. The Hall–Kier alpha value is -1.83. The molecule has 0 heterocycles. The van der Waals surface area contributed by atoms with Crippen LogP contribution in [-0.2, 0) is 10.0 Å². The fraction of sp³-hybridized carbons (Fsp3) is 0.235. The van der Waals surface area contributed by atoms with Gasteiger partial charge in [-0.3, -0.25) is 4.79 Å². The average Bonchev–Trinajstić information content (AvgIpc) is 2.50. The number of sulfonamides is 1. The van der Waals surface area contributed by atoms with Crippen molar-refractivity contribution in [3.63, 3.8) is 0 Å². The summed E-state index contributed by atoms with van der Waals surface area (Å²) in [4.78, 5) is 13.6. The minimum Gasteiger partial charge on any atom is -0.322 e. The highest BCUT2D eigenvalue weighted by molar-refractivity contribution is 7.98. The van der Waals surface area contributed by atoms with Crippen LogP contribution >= 0.6 is 11.8 Å². The number of carbonyl (C=O) groups is 1. The lowest BCUT2D eigenvalue weighted by Gasteiger charge is -2.14. The van der Waals surface area contributed by atoms with Crippen molar-refractivity contribution in [1.29, 1.82) is 0 Å². The lowest BCUT2D eigenvalue weighted by Crippen LogP contribution is -2.17. The van der Waals surface area contributed by atoms with Gasteiger partial charge in [0.05, 0.1) is 4.90 Å². The predicted octanol–water partition coefficient (Wildman–Crippen LogP) is 3.23. The first-order valence-electron chi connectivity index (χ1n) is 7.23. The molecular weight excluding hydrogens is 344 g/mol. The molecule has 3 N–H and O–H groups in total. The van der Waals surface area contributed by atoms with Gasteiger partial charge in [0.1, 0.15) is 0 Å². The number of primary sulfonamides is 1. The van der Waals surface area contributed by atoms with Crippen LogP contribution in [0, 0.1) is 20.8 Å². The number of carbonyl (C=O) groups excluding carboxylic acids is 1. The second-order valence-corrected chi connectivity index (χ2v) is 8.03. The molecule has 24 heavy (non-hydrogen) atoms. The number of amides is 1. The van der Waals surface area contributed by atoms with Gasteiger partial charge in [-0.05, 0) is 68.0 Å². The number of hydrogen-bond acceptors (Lipinski definition) is 4. The fourth-order valence-corrected chi connectivity index (χ4v) is 3.35. The van der Waals surface area contributed by atoms with Crippen molar-refractivity contribution >= 4 is 33.4 Å². The summed E-state index contributed by atoms with van der Waals surface area (Å²) in [6.07, 6.45) is 1.94. The minimum atomic E-state index is -3.84. The third-order valence-electron chi connectivity index (χ3n) is 3.91. The summed E-state index contributed by atoms with van der Waals surface area (Å²) in [6.45, 7) is 5.46. The molecule has 0 aromatic heterocycles. The molecule has 0 saturated heterocycles. The maximum absolute atomic E-state index is 12.6. The van der Waals surface area contributed by atoms with Crippen molar-refractivity contribution in [1.82, 2.24) is 0 Å². The second kappa shape index (κ2) is 6.96. The number of hydrogen-bond donors (Lipinski definition) is 2. The van der Waals surface area contributed by atoms with E-state index in [2.05, 4.69) is 5.32 Å². The molecule has 0 saturated carbocycles. The van der Waals surface area contributed by atoms with Crippen molar-refractivity contribution in [2.45, 2.75) is 30.6 Å². The highest BCUT2D eigenvalue weighted by Gasteiger charge is 2.16. The van der Waals surface area contributed by atoms with Gasteiger partial charge < -0.3 is 5.32 Å². The van der Waals surface area contributed by atoms with Gasteiger partial charge in [-0.15, -0.1) is 11.8 Å². The SMILES string of the molecule is CSc1ccc(C)c(C(=O)Nc2cc(S(N)(=O)=O)cc(C)c2C)c1. The topological polar surface area (TPSA) is 89.3 Å². The third-order valence-corrected chi connectivity index (χ3v) is 5.53. The fourth-order valence-electron chi connectivity index (χ4n) is 2.28. The van der Waals surface area contributed by atoms with Gasteiger partial charge >= 0.3 is 0 Å². The molecule has 0 aliphatic rings. The van der Waals surface area contributed by atoms with Crippen LogP contribution in [-0.4, -0.2) is 20.6 Å². The summed E-state index contributed by atoms with van der Waals surface area (Å²) in [5, 5.41) is 8.01. The first-order chi connectivity index (χ1) is 11.1. The van der Waals surface area contributed by atoms with E-state index in [0.717, 1.165) is 21.6 Å². The van der Waals surface area contributed by atoms with E-state index in [0.29, 0.717) is 11.3 Å². The molecule has 2 rings (SSSR count). The Morgan fingerprint density at radius 2 is 1.75 bits per heavy atom. The van der Waals surface area contributed by atoms with E-state index in [4.69, 9.17) is 5.14 Å². The van der Waals surface area contributed by atoms with E-state index in [-0.39, 0.29) is 10.8 Å². The summed E-state index contributed by atoms with van der Waals surface area (Å²) >= 11 is 1.55. The van der Waals surface area contributed by atoms with Crippen molar-refractivity contribution in [3.8, 4) is 0 Å². The first-order valence-corrected chi connectivity index (χ1v) is 10.0. The molecular formula is C17H20N2O3S2. The number of benzene rings is 2. The summed E-state index contributed by atoms with van der Waals surface area (Å²) in [7, 11) is -3.84. The molecule has 2 aromatic rings. The highest BCUT2D eigenvalue weighted by atomic mass is 32.2. The van der Waals surface area contributed by atoms with Crippen molar-refractivity contribution in [3.05, 3.63) is 52.6 Å². The molecule has 0 aliphatic carbocycles. The van der Waals surface area contributed by atoms with Crippen LogP contribution in [0.25, 0.3) is 0 Å². The zero-order chi connectivity index (χ0) is 18.1. The molecule has 7 heteroatoms. The molecule has 0 atom stereocenters. The Kier molecular flexibility index (Phi) is 5.37. The van der Waals surface area contributed by atoms with E-state index < -0.39 is 10.0 Å². The van der Waals surface area contributed by atoms with Crippen molar-refractivity contribution in [2.75, 3.05) is 11.6 Å². The molecule has 0 spiro atoms. The molecule has 128 valence electrons. The summed E-state index contributed by atoms with van der Waals surface area (Å²) in [5.74, 6) is -0.280. The minimum absolute atomic E-state index is 0.0181. The normalized spacial score (nSPS) is 11.4. The van der Waals surface area contributed by atoms with Crippen LogP contribution in [0.15, 0.2) is 40.1 Å². The van der Waals surface area contributed by atoms with Crippen molar-refractivity contribution in [2.24, 2.45) is 5.14 Å². The maximum atomic E-state index is 12.6. The largest absolute Gasteiger partial charge is 0.322 e. The summed E-state index contributed by atoms with van der Waals surface area (Å²) in [5.41, 5.74) is 3.39. The van der Waals surface area contributed by atoms with E-state index in [9.17, 15) is 13.2 Å². The molecule has 0 radical (unpaired) electrons.